The van der Waals surface area contributed by atoms with Crippen molar-refractivity contribution in [3.63, 3.8) is 0 Å². The fraction of sp³-hybridized carbons (Fsp3) is 0.650. The topological polar surface area (TPSA) is 127 Å². The lowest BCUT2D eigenvalue weighted by Crippen LogP contribution is -2.33. The van der Waals surface area contributed by atoms with E-state index in [1.54, 1.807) is 12.6 Å². The lowest BCUT2D eigenvalue weighted by Gasteiger charge is -2.13. The van der Waals surface area contributed by atoms with Crippen molar-refractivity contribution in [2.24, 2.45) is 27.4 Å². The van der Waals surface area contributed by atoms with Crippen LogP contribution >= 0.6 is 0 Å². The largest absolute Gasteiger partial charge is 0.355 e. The number of carbonyl (C=O) groups excluding carboxylic acids is 1. The van der Waals surface area contributed by atoms with Gasteiger partial charge in [0.25, 0.3) is 0 Å². The van der Waals surface area contributed by atoms with E-state index in [9.17, 15) is 4.79 Å². The summed E-state index contributed by atoms with van der Waals surface area (Å²) in [6.07, 6.45) is 14.1. The van der Waals surface area contributed by atoms with E-state index in [-0.39, 0.29) is 18.0 Å². The van der Waals surface area contributed by atoms with Crippen LogP contribution in [0.25, 0.3) is 0 Å². The Morgan fingerprint density at radius 3 is 2.96 bits per heavy atom. The van der Waals surface area contributed by atoms with Gasteiger partial charge in [0.05, 0.1) is 18.9 Å². The maximum atomic E-state index is 12.6. The summed E-state index contributed by atoms with van der Waals surface area (Å²) in [6.45, 7) is 5.14. The first-order valence-corrected chi connectivity index (χ1v) is 10.1. The summed E-state index contributed by atoms with van der Waals surface area (Å²) in [5, 5.41) is 6.06. The van der Waals surface area contributed by atoms with E-state index < -0.39 is 6.35 Å². The minimum Gasteiger partial charge on any atom is -0.355 e. The number of nitrogens with one attached hydrogen (secondary N) is 2. The molecule has 0 aliphatic carbocycles. The molecule has 0 bridgehead atoms. The summed E-state index contributed by atoms with van der Waals surface area (Å²) in [4.78, 5) is 21.3. The number of unbranched alkanes of at least 4 members (excludes halogenated alkanes) is 3. The molecule has 0 saturated carbocycles. The lowest BCUT2D eigenvalue weighted by atomic mass is 10.1. The Morgan fingerprint density at radius 2 is 2.21 bits per heavy atom. The molecule has 8 nitrogen and oxygen atoms in total. The van der Waals surface area contributed by atoms with Gasteiger partial charge in [-0.15, -0.1) is 0 Å². The van der Waals surface area contributed by atoms with Crippen molar-refractivity contribution in [1.82, 2.24) is 10.6 Å². The van der Waals surface area contributed by atoms with Crippen molar-refractivity contribution in [2.45, 2.75) is 64.9 Å². The van der Waals surface area contributed by atoms with Crippen LogP contribution in [-0.4, -0.2) is 44.1 Å². The highest BCUT2D eigenvalue weighted by Crippen LogP contribution is 2.07. The number of carbonyl (C=O) groups is 1. The fourth-order valence-electron chi connectivity index (χ4n) is 2.57. The minimum atomic E-state index is -0.691. The van der Waals surface area contributed by atoms with Crippen LogP contribution in [0.4, 0.5) is 0 Å². The molecule has 1 amide bonds. The fourth-order valence-corrected chi connectivity index (χ4v) is 2.57. The van der Waals surface area contributed by atoms with Gasteiger partial charge in [-0.25, -0.2) is 0 Å². The second-order valence-corrected chi connectivity index (χ2v) is 6.72. The zero-order valence-electron chi connectivity index (χ0n) is 17.1. The van der Waals surface area contributed by atoms with Crippen LogP contribution in [0.5, 0.6) is 0 Å². The molecule has 2 unspecified atom stereocenters. The van der Waals surface area contributed by atoms with Crippen molar-refractivity contribution in [1.29, 1.82) is 0 Å². The molecule has 6 N–H and O–H groups in total. The second-order valence-electron chi connectivity index (χ2n) is 6.72. The van der Waals surface area contributed by atoms with Gasteiger partial charge in [0.1, 0.15) is 6.17 Å². The number of nitrogens with two attached hydrogens (primary N) is 2. The first kappa shape index (κ1) is 24.0. The second kappa shape index (κ2) is 15.0. The molecule has 1 aliphatic heterocycles. The molecule has 158 valence electrons. The number of amides is 1. The van der Waals surface area contributed by atoms with Crippen molar-refractivity contribution < 1.29 is 9.53 Å². The number of ether oxygens (including phenoxy) is 1. The molecule has 28 heavy (non-hydrogen) atoms. The highest BCUT2D eigenvalue weighted by Gasteiger charge is 2.17. The molecule has 0 aromatic carbocycles. The summed E-state index contributed by atoms with van der Waals surface area (Å²) < 4.78 is 5.11. The van der Waals surface area contributed by atoms with Crippen LogP contribution in [0.1, 0.15) is 52.4 Å². The summed E-state index contributed by atoms with van der Waals surface area (Å²) in [5.74, 6) is -0.338. The molecule has 0 saturated heterocycles. The molecule has 1 aliphatic rings. The predicted molar refractivity (Wildman–Crippen MR) is 115 cm³/mol. The third kappa shape index (κ3) is 11.6. The Balaban J connectivity index is 2.44. The number of aliphatic imine (C=N–C) groups is 2. The third-order valence-corrected chi connectivity index (χ3v) is 4.12. The average Bonchev–Trinajstić information content (AvgIpc) is 2.75. The van der Waals surface area contributed by atoms with Crippen LogP contribution < -0.4 is 22.1 Å². The summed E-state index contributed by atoms with van der Waals surface area (Å²) in [6, 6.07) is 0. The van der Waals surface area contributed by atoms with E-state index in [0.29, 0.717) is 19.6 Å². The van der Waals surface area contributed by atoms with Crippen molar-refractivity contribution in [3.05, 3.63) is 23.9 Å². The van der Waals surface area contributed by atoms with Gasteiger partial charge in [0.2, 0.25) is 5.91 Å². The van der Waals surface area contributed by atoms with Crippen molar-refractivity contribution in [2.75, 3.05) is 13.2 Å². The van der Waals surface area contributed by atoms with Crippen LogP contribution in [0, 0.1) is 5.92 Å². The number of hydrogen-bond donors (Lipinski definition) is 4. The van der Waals surface area contributed by atoms with Gasteiger partial charge in [0.15, 0.2) is 6.35 Å². The molecule has 0 aromatic heterocycles. The number of nitrogens with zero attached hydrogens (tertiary/aromatic N) is 2. The quantitative estimate of drug-likeness (QED) is 0.242. The molecule has 0 aromatic rings. The van der Waals surface area contributed by atoms with Crippen LogP contribution in [0.3, 0.4) is 0 Å². The summed E-state index contributed by atoms with van der Waals surface area (Å²) in [5.41, 5.74) is 11.5. The standard InChI is InChI=1S/C20H36N6O2/c1-3-9-18(10-7-5-4-6-8-13-28-20(21)22)26-19(27)17-11-12-23-15-25-16(2)24-14-17/h7,9-10,14-17,20H,3-6,8,11-13,21-22H2,1-2H3,(H,23,25)(H,26,27). The molecule has 0 fully saturated rings. The van der Waals surface area contributed by atoms with E-state index >= 15 is 0 Å². The molecule has 1 heterocycles. The Labute approximate surface area is 168 Å². The molecule has 8 heteroatoms. The maximum Gasteiger partial charge on any atom is 0.232 e. The monoisotopic (exact) mass is 392 g/mol. The Morgan fingerprint density at radius 1 is 1.39 bits per heavy atom. The van der Waals surface area contributed by atoms with Crippen LogP contribution in [-0.2, 0) is 9.53 Å². The normalized spacial score (nSPS) is 20.7. The summed E-state index contributed by atoms with van der Waals surface area (Å²) in [7, 11) is 0. The van der Waals surface area contributed by atoms with Gasteiger partial charge in [-0.2, -0.15) is 0 Å². The van der Waals surface area contributed by atoms with Crippen molar-refractivity contribution in [3.8, 4) is 0 Å². The van der Waals surface area contributed by atoms with Crippen molar-refractivity contribution >= 4 is 18.5 Å². The minimum absolute atomic E-state index is 0.0485. The highest BCUT2D eigenvalue weighted by molar-refractivity contribution is 5.94. The average molecular weight is 393 g/mol. The Bertz CT molecular complexity index is 557. The third-order valence-electron chi connectivity index (χ3n) is 4.12. The molecule has 0 radical (unpaired) electrons. The van der Waals surface area contributed by atoms with E-state index in [0.717, 1.165) is 37.8 Å². The van der Waals surface area contributed by atoms with Gasteiger partial charge in [-0.1, -0.05) is 25.5 Å². The van der Waals surface area contributed by atoms with E-state index in [2.05, 4.69) is 26.7 Å². The number of rotatable bonds is 11. The smallest absolute Gasteiger partial charge is 0.232 e. The zero-order valence-corrected chi connectivity index (χ0v) is 17.1. The Kier molecular flexibility index (Phi) is 12.8. The van der Waals surface area contributed by atoms with Crippen LogP contribution in [0.15, 0.2) is 33.9 Å². The molecule has 2 atom stereocenters. The SMILES string of the molecule is CCC=C(C=CCCCCCOC(N)N)NC(=O)C1C=NC(C)NC=NCC1. The van der Waals surface area contributed by atoms with Gasteiger partial charge >= 0.3 is 0 Å². The maximum absolute atomic E-state index is 12.6. The van der Waals surface area contributed by atoms with Gasteiger partial charge in [-0.3, -0.25) is 26.2 Å². The molecule has 0 spiro atoms. The van der Waals surface area contributed by atoms with Gasteiger partial charge in [0, 0.05) is 18.5 Å². The van der Waals surface area contributed by atoms with Crippen LogP contribution in [0.2, 0.25) is 0 Å². The van der Waals surface area contributed by atoms with E-state index in [1.807, 2.05) is 26.0 Å². The Hall–Kier alpha value is -2.03. The lowest BCUT2D eigenvalue weighted by molar-refractivity contribution is -0.122. The van der Waals surface area contributed by atoms with E-state index in [1.165, 1.54) is 0 Å². The summed E-state index contributed by atoms with van der Waals surface area (Å²) >= 11 is 0. The first-order chi connectivity index (χ1) is 13.5. The molecular weight excluding hydrogens is 356 g/mol. The zero-order chi connectivity index (χ0) is 20.6. The predicted octanol–water partition coefficient (Wildman–Crippen LogP) is 1.79. The number of hydrogen-bond acceptors (Lipinski definition) is 7. The number of allylic oxidation sites excluding steroid dienone is 3. The van der Waals surface area contributed by atoms with Gasteiger partial charge < -0.3 is 15.4 Å². The highest BCUT2D eigenvalue weighted by atomic mass is 16.5. The molecular formula is C20H36N6O2. The first-order valence-electron chi connectivity index (χ1n) is 10.1. The van der Waals surface area contributed by atoms with E-state index in [4.69, 9.17) is 16.2 Å². The molecule has 1 rings (SSSR count). The van der Waals surface area contributed by atoms with Gasteiger partial charge in [-0.05, 0) is 45.1 Å².